The second kappa shape index (κ2) is 4.51. The fraction of sp³-hybridized carbons (Fsp3) is 0.750. The van der Waals surface area contributed by atoms with Crippen molar-refractivity contribution in [2.75, 3.05) is 12.4 Å². The molecule has 0 heterocycles. The van der Waals surface area contributed by atoms with Crippen molar-refractivity contribution in [3.8, 4) is 0 Å². The molecule has 0 spiro atoms. The summed E-state index contributed by atoms with van der Waals surface area (Å²) in [6, 6.07) is -1.03. The minimum atomic E-state index is -2.07. The van der Waals surface area contributed by atoms with Crippen LogP contribution in [0.1, 0.15) is 0 Å². The van der Waals surface area contributed by atoms with Crippen LogP contribution in [0.4, 0.5) is 0 Å². The number of hydrogen-bond acceptors (Lipinski definition) is 4. The van der Waals surface area contributed by atoms with E-state index in [1.54, 1.807) is 0 Å². The molecule has 0 aromatic carbocycles. The van der Waals surface area contributed by atoms with Crippen LogP contribution in [0.5, 0.6) is 0 Å². The number of ketones is 1. The van der Waals surface area contributed by atoms with E-state index in [2.05, 4.69) is 0 Å². The van der Waals surface area contributed by atoms with E-state index >= 15 is 0 Å². The molecule has 10 heavy (non-hydrogen) atoms. The second-order valence-corrected chi connectivity index (χ2v) is 2.70. The van der Waals surface area contributed by atoms with Gasteiger partial charge in [0.05, 0.1) is 11.8 Å². The highest BCUT2D eigenvalue weighted by atomic mass is 32.2. The van der Waals surface area contributed by atoms with Crippen LogP contribution in [-0.4, -0.2) is 38.1 Å². The maximum Gasteiger partial charge on any atom is 0.175 e. The summed E-state index contributed by atoms with van der Waals surface area (Å²) >= 11 is -2.07. The monoisotopic (exact) mass is 167 g/mol. The summed E-state index contributed by atoms with van der Waals surface area (Å²) in [6.07, 6.45) is 0. The SMILES string of the molecule is N[C@@H](CS(=O)O)C(=O)CO. The number of aliphatic hydroxyl groups is 1. The van der Waals surface area contributed by atoms with Crippen molar-refractivity contribution >= 4 is 16.9 Å². The molecule has 0 bridgehead atoms. The molecule has 0 radical (unpaired) electrons. The van der Waals surface area contributed by atoms with Crippen LogP contribution >= 0.6 is 0 Å². The summed E-state index contributed by atoms with van der Waals surface area (Å²) in [5, 5.41) is 8.21. The molecule has 0 rings (SSSR count). The Labute approximate surface area is 60.5 Å². The molecule has 0 saturated carbocycles. The molecule has 0 fully saturated rings. The molecular weight excluding hydrogens is 158 g/mol. The quantitative estimate of drug-likeness (QED) is 0.424. The van der Waals surface area contributed by atoms with Crippen molar-refractivity contribution in [1.29, 1.82) is 0 Å². The zero-order valence-corrected chi connectivity index (χ0v) is 6.00. The lowest BCUT2D eigenvalue weighted by atomic mass is 10.2. The van der Waals surface area contributed by atoms with Gasteiger partial charge in [-0.1, -0.05) is 0 Å². The number of aliphatic hydroxyl groups excluding tert-OH is 1. The van der Waals surface area contributed by atoms with Gasteiger partial charge in [-0.3, -0.25) is 4.79 Å². The van der Waals surface area contributed by atoms with Crippen molar-refractivity contribution in [2.24, 2.45) is 5.73 Å². The highest BCUT2D eigenvalue weighted by molar-refractivity contribution is 7.79. The van der Waals surface area contributed by atoms with Crippen LogP contribution in [0.2, 0.25) is 0 Å². The van der Waals surface area contributed by atoms with Gasteiger partial charge >= 0.3 is 0 Å². The fourth-order valence-electron chi connectivity index (χ4n) is 0.364. The molecule has 0 saturated heterocycles. The van der Waals surface area contributed by atoms with Crippen LogP contribution in [0.15, 0.2) is 0 Å². The van der Waals surface area contributed by atoms with E-state index in [9.17, 15) is 9.00 Å². The van der Waals surface area contributed by atoms with Gasteiger partial charge in [-0.2, -0.15) is 0 Å². The van der Waals surface area contributed by atoms with Crippen molar-refractivity contribution < 1.29 is 18.7 Å². The summed E-state index contributed by atoms with van der Waals surface area (Å²) in [4.78, 5) is 10.4. The van der Waals surface area contributed by atoms with E-state index in [-0.39, 0.29) is 5.75 Å². The summed E-state index contributed by atoms with van der Waals surface area (Å²) < 4.78 is 18.3. The summed E-state index contributed by atoms with van der Waals surface area (Å²) in [5.41, 5.74) is 5.07. The van der Waals surface area contributed by atoms with Gasteiger partial charge in [-0.25, -0.2) is 4.21 Å². The predicted octanol–water partition coefficient (Wildman–Crippen LogP) is -1.90. The second-order valence-electron chi connectivity index (χ2n) is 1.72. The Morgan fingerprint density at radius 1 is 1.70 bits per heavy atom. The van der Waals surface area contributed by atoms with Gasteiger partial charge in [0.25, 0.3) is 0 Å². The Kier molecular flexibility index (Phi) is 4.37. The molecule has 0 aliphatic rings. The van der Waals surface area contributed by atoms with Gasteiger partial charge in [0.2, 0.25) is 0 Å². The third-order valence-electron chi connectivity index (χ3n) is 0.892. The molecule has 2 atom stereocenters. The standard InChI is InChI=1S/C4H9NO4S/c5-3(2-10(8)9)4(7)1-6/h3,6H,1-2,5H2,(H,8,9)/t3-/m0/s1. The van der Waals surface area contributed by atoms with Crippen LogP contribution in [0, 0.1) is 0 Å². The third kappa shape index (κ3) is 3.67. The molecule has 0 aromatic rings. The molecule has 0 aliphatic carbocycles. The average Bonchev–Trinajstić information content (AvgIpc) is 1.85. The van der Waals surface area contributed by atoms with Crippen molar-refractivity contribution in [1.82, 2.24) is 0 Å². The molecular formula is C4H9NO4S. The van der Waals surface area contributed by atoms with Gasteiger partial charge in [0.15, 0.2) is 16.9 Å². The number of carbonyl (C=O) groups is 1. The van der Waals surface area contributed by atoms with Crippen molar-refractivity contribution in [2.45, 2.75) is 6.04 Å². The molecule has 0 aromatic heterocycles. The summed E-state index contributed by atoms with van der Waals surface area (Å²) in [6.45, 7) is -0.682. The molecule has 4 N–H and O–H groups in total. The molecule has 0 amide bonds. The van der Waals surface area contributed by atoms with Gasteiger partial charge in [0, 0.05) is 0 Å². The largest absolute Gasteiger partial charge is 0.389 e. The van der Waals surface area contributed by atoms with Crippen LogP contribution in [0.25, 0.3) is 0 Å². The zero-order valence-electron chi connectivity index (χ0n) is 5.19. The number of nitrogens with two attached hydrogens (primary N) is 1. The van der Waals surface area contributed by atoms with Crippen LogP contribution in [0.3, 0.4) is 0 Å². The lowest BCUT2D eigenvalue weighted by Crippen LogP contribution is -2.37. The highest BCUT2D eigenvalue weighted by Gasteiger charge is 2.13. The highest BCUT2D eigenvalue weighted by Crippen LogP contribution is 1.84. The zero-order chi connectivity index (χ0) is 8.15. The molecule has 60 valence electrons. The maximum atomic E-state index is 10.4. The van der Waals surface area contributed by atoms with Crippen molar-refractivity contribution in [3.05, 3.63) is 0 Å². The first-order valence-electron chi connectivity index (χ1n) is 2.54. The smallest absolute Gasteiger partial charge is 0.175 e. The van der Waals surface area contributed by atoms with Gasteiger partial charge in [-0.05, 0) is 0 Å². The predicted molar refractivity (Wildman–Crippen MR) is 35.7 cm³/mol. The van der Waals surface area contributed by atoms with Gasteiger partial charge in [0.1, 0.15) is 6.61 Å². The minimum Gasteiger partial charge on any atom is -0.389 e. The van der Waals surface area contributed by atoms with Crippen LogP contribution < -0.4 is 5.73 Å². The van der Waals surface area contributed by atoms with Crippen molar-refractivity contribution in [3.63, 3.8) is 0 Å². The first kappa shape index (κ1) is 9.70. The first-order chi connectivity index (χ1) is 4.57. The Bertz CT molecular complexity index is 148. The molecule has 6 heteroatoms. The summed E-state index contributed by atoms with van der Waals surface area (Å²) in [7, 11) is 0. The lowest BCUT2D eigenvalue weighted by Gasteiger charge is -2.03. The summed E-state index contributed by atoms with van der Waals surface area (Å²) in [5.74, 6) is -0.943. The Balaban J connectivity index is 3.72. The Morgan fingerprint density at radius 2 is 2.20 bits per heavy atom. The Morgan fingerprint density at radius 3 is 2.50 bits per heavy atom. The molecule has 5 nitrogen and oxygen atoms in total. The van der Waals surface area contributed by atoms with E-state index in [0.29, 0.717) is 0 Å². The first-order valence-corrected chi connectivity index (χ1v) is 3.82. The van der Waals surface area contributed by atoms with Gasteiger partial charge in [-0.15, -0.1) is 0 Å². The minimum absolute atomic E-state index is 0.320. The van der Waals surface area contributed by atoms with E-state index in [0.717, 1.165) is 0 Å². The lowest BCUT2D eigenvalue weighted by molar-refractivity contribution is -0.122. The average molecular weight is 167 g/mol. The molecule has 1 unspecified atom stereocenters. The number of rotatable bonds is 4. The normalized spacial score (nSPS) is 16.3. The maximum absolute atomic E-state index is 10.4. The van der Waals surface area contributed by atoms with E-state index < -0.39 is 29.5 Å². The topological polar surface area (TPSA) is 101 Å². The van der Waals surface area contributed by atoms with E-state index in [1.807, 2.05) is 0 Å². The van der Waals surface area contributed by atoms with Gasteiger partial charge < -0.3 is 15.4 Å². The number of hydrogen-bond donors (Lipinski definition) is 3. The van der Waals surface area contributed by atoms with E-state index in [1.165, 1.54) is 0 Å². The van der Waals surface area contributed by atoms with Crippen LogP contribution in [-0.2, 0) is 15.9 Å². The van der Waals surface area contributed by atoms with E-state index in [4.69, 9.17) is 15.4 Å². The number of carbonyl (C=O) groups excluding carboxylic acids is 1. The molecule has 0 aliphatic heterocycles. The third-order valence-corrected chi connectivity index (χ3v) is 1.54. The number of Topliss-reactive ketones (excluding diaryl/α,β-unsaturated/α-hetero) is 1. The fourth-order valence-corrected chi connectivity index (χ4v) is 0.857. The Hall–Kier alpha value is -0.300.